The second-order valence-electron chi connectivity index (χ2n) is 7.56. The topological polar surface area (TPSA) is 158 Å². The van der Waals surface area contributed by atoms with Gasteiger partial charge in [-0.1, -0.05) is 35.3 Å². The number of hydrogen-bond donors (Lipinski definition) is 0. The number of halogens is 2. The molecule has 35 heavy (non-hydrogen) atoms. The molecule has 0 unspecified atom stereocenters. The molecular formula is C21H16Cl2N2O9S. The molecule has 1 aliphatic heterocycles. The second kappa shape index (κ2) is 10.1. The van der Waals surface area contributed by atoms with Crippen molar-refractivity contribution in [1.29, 1.82) is 0 Å². The minimum atomic E-state index is -3.62. The summed E-state index contributed by atoms with van der Waals surface area (Å²) in [5.74, 6) is -4.39. The maximum absolute atomic E-state index is 12.9. The number of fused-ring (bicyclic) bond motifs is 1. The minimum absolute atomic E-state index is 0.00812. The predicted molar refractivity (Wildman–Crippen MR) is 123 cm³/mol. The van der Waals surface area contributed by atoms with Crippen LogP contribution in [-0.2, 0) is 19.4 Å². The lowest BCUT2D eigenvalue weighted by Crippen LogP contribution is -2.46. The summed E-state index contributed by atoms with van der Waals surface area (Å²) in [6.07, 6.45) is 0.415. The summed E-state index contributed by atoms with van der Waals surface area (Å²) in [4.78, 5) is 61.8. The quantitative estimate of drug-likeness (QED) is 0.152. The molecule has 0 spiro atoms. The maximum Gasteiger partial charge on any atom is 0.329 e. The van der Waals surface area contributed by atoms with E-state index in [1.807, 2.05) is 0 Å². The molecule has 11 nitrogen and oxygen atoms in total. The van der Waals surface area contributed by atoms with E-state index in [9.17, 15) is 37.7 Å². The van der Waals surface area contributed by atoms with Gasteiger partial charge < -0.3 is 4.74 Å². The molecule has 3 rings (SSSR count). The molecule has 0 bridgehead atoms. The number of nitro groups is 1. The van der Waals surface area contributed by atoms with Crippen molar-refractivity contribution in [2.45, 2.75) is 12.5 Å². The second-order valence-corrected chi connectivity index (χ2v) is 10.6. The maximum atomic E-state index is 12.9. The first kappa shape index (κ1) is 26.3. The summed E-state index contributed by atoms with van der Waals surface area (Å²) >= 11 is 11.9. The van der Waals surface area contributed by atoms with Gasteiger partial charge in [-0.3, -0.25) is 29.4 Å². The van der Waals surface area contributed by atoms with Crippen molar-refractivity contribution in [2.24, 2.45) is 0 Å². The fourth-order valence-corrected chi connectivity index (χ4v) is 4.30. The molecule has 0 saturated heterocycles. The van der Waals surface area contributed by atoms with E-state index in [0.717, 1.165) is 24.5 Å². The van der Waals surface area contributed by atoms with Crippen LogP contribution in [0.15, 0.2) is 36.4 Å². The third kappa shape index (κ3) is 5.84. The van der Waals surface area contributed by atoms with Crippen LogP contribution < -0.4 is 0 Å². The molecule has 0 aliphatic carbocycles. The Hall–Kier alpha value is -3.35. The molecule has 0 aromatic heterocycles. The lowest BCUT2D eigenvalue weighted by molar-refractivity contribution is -0.384. The highest BCUT2D eigenvalue weighted by atomic mass is 35.5. The van der Waals surface area contributed by atoms with Gasteiger partial charge in [-0.2, -0.15) is 0 Å². The van der Waals surface area contributed by atoms with E-state index < -0.39 is 63.1 Å². The lowest BCUT2D eigenvalue weighted by Gasteiger charge is -2.24. The van der Waals surface area contributed by atoms with Crippen LogP contribution >= 0.6 is 23.2 Å². The van der Waals surface area contributed by atoms with Crippen LogP contribution in [0.5, 0.6) is 0 Å². The third-order valence-electron chi connectivity index (χ3n) is 5.03. The number of hydrogen-bond acceptors (Lipinski definition) is 9. The Kier molecular flexibility index (Phi) is 7.58. The van der Waals surface area contributed by atoms with Crippen LogP contribution in [0.3, 0.4) is 0 Å². The van der Waals surface area contributed by atoms with Crippen molar-refractivity contribution in [3.8, 4) is 0 Å². The predicted octanol–water partition coefficient (Wildman–Crippen LogP) is 2.73. The summed E-state index contributed by atoms with van der Waals surface area (Å²) in [6, 6.07) is 5.36. The smallest absolute Gasteiger partial charge is 0.329 e. The molecule has 1 aliphatic rings. The van der Waals surface area contributed by atoms with Gasteiger partial charge in [0, 0.05) is 24.0 Å². The average Bonchev–Trinajstić information content (AvgIpc) is 3.01. The minimum Gasteiger partial charge on any atom is -0.456 e. The highest BCUT2D eigenvalue weighted by Crippen LogP contribution is 2.33. The number of nitrogens with zero attached hydrogens (tertiary/aromatic N) is 2. The zero-order chi connectivity index (χ0) is 26.1. The number of imide groups is 1. The van der Waals surface area contributed by atoms with Crippen molar-refractivity contribution >= 4 is 62.3 Å². The highest BCUT2D eigenvalue weighted by Gasteiger charge is 2.44. The number of non-ortho nitro benzene ring substituents is 1. The molecule has 2 aromatic rings. The largest absolute Gasteiger partial charge is 0.456 e. The Morgan fingerprint density at radius 2 is 1.66 bits per heavy atom. The van der Waals surface area contributed by atoms with Gasteiger partial charge >= 0.3 is 5.97 Å². The number of benzene rings is 2. The first-order valence-corrected chi connectivity index (χ1v) is 12.6. The van der Waals surface area contributed by atoms with Crippen LogP contribution in [0.2, 0.25) is 10.0 Å². The molecule has 0 radical (unpaired) electrons. The summed E-state index contributed by atoms with van der Waals surface area (Å²) in [7, 11) is -3.62. The molecule has 0 fully saturated rings. The van der Waals surface area contributed by atoms with Crippen molar-refractivity contribution in [3.63, 3.8) is 0 Å². The fraction of sp³-hybridized carbons (Fsp3) is 0.238. The highest BCUT2D eigenvalue weighted by molar-refractivity contribution is 7.90. The summed E-state index contributed by atoms with van der Waals surface area (Å²) in [5, 5.41) is 10.9. The third-order valence-corrected chi connectivity index (χ3v) is 6.73. The molecule has 0 N–H and O–H groups in total. The molecule has 0 saturated carbocycles. The Morgan fingerprint density at radius 3 is 2.17 bits per heavy atom. The number of ether oxygens (including phenoxy) is 1. The van der Waals surface area contributed by atoms with Gasteiger partial charge in [-0.05, 0) is 18.6 Å². The lowest BCUT2D eigenvalue weighted by atomic mass is 10.1. The van der Waals surface area contributed by atoms with Crippen LogP contribution in [-0.4, -0.2) is 66.5 Å². The van der Waals surface area contributed by atoms with Gasteiger partial charge in [-0.25, -0.2) is 13.2 Å². The van der Waals surface area contributed by atoms with Gasteiger partial charge in [-0.15, -0.1) is 0 Å². The molecule has 2 aromatic carbocycles. The summed E-state index contributed by atoms with van der Waals surface area (Å²) in [6.45, 7) is -0.865. The average molecular weight is 543 g/mol. The first-order chi connectivity index (χ1) is 16.3. The first-order valence-electron chi connectivity index (χ1n) is 9.79. The van der Waals surface area contributed by atoms with Crippen molar-refractivity contribution < 1.29 is 37.3 Å². The molecule has 14 heteroatoms. The molecule has 184 valence electrons. The van der Waals surface area contributed by atoms with E-state index in [-0.39, 0.29) is 32.4 Å². The standard InChI is InChI=1S/C21H16Cl2N2O9S/c1-35(32,33)6-5-17(24-19(27)13-8-15(22)16(23)9-14(13)20(24)28)21(29)34-10-18(26)11-3-2-4-12(7-11)25(30)31/h2-4,7-9,17H,5-6,10H2,1H3/t17-/m1/s1. The Bertz CT molecular complexity index is 1330. The number of amides is 2. The Morgan fingerprint density at radius 1 is 1.09 bits per heavy atom. The van der Waals surface area contributed by atoms with Crippen molar-refractivity contribution in [3.05, 3.63) is 73.2 Å². The number of rotatable bonds is 9. The monoisotopic (exact) mass is 542 g/mol. The van der Waals surface area contributed by atoms with Gasteiger partial charge in [0.1, 0.15) is 15.9 Å². The van der Waals surface area contributed by atoms with Crippen molar-refractivity contribution in [2.75, 3.05) is 18.6 Å². The van der Waals surface area contributed by atoms with E-state index >= 15 is 0 Å². The van der Waals surface area contributed by atoms with E-state index in [0.29, 0.717) is 4.90 Å². The molecule has 1 atom stereocenters. The van der Waals surface area contributed by atoms with Gasteiger partial charge in [0.25, 0.3) is 17.5 Å². The SMILES string of the molecule is CS(=O)(=O)CC[C@H](C(=O)OCC(=O)c1cccc([N+](=O)[O-])c1)N1C(=O)c2cc(Cl)c(Cl)cc2C1=O. The molecule has 2 amide bonds. The number of carbonyl (C=O) groups excluding carboxylic acids is 4. The number of Topliss-reactive ketones (excluding diaryl/α,β-unsaturated/α-hetero) is 1. The number of nitro benzene ring substituents is 1. The number of esters is 1. The van der Waals surface area contributed by atoms with Crippen LogP contribution in [0.1, 0.15) is 37.5 Å². The Balaban J connectivity index is 1.84. The normalized spacial score (nSPS) is 14.0. The zero-order valence-corrected chi connectivity index (χ0v) is 20.2. The summed E-state index contributed by atoms with van der Waals surface area (Å²) < 4.78 is 28.4. The van der Waals surface area contributed by atoms with E-state index in [1.165, 1.54) is 18.2 Å². The van der Waals surface area contributed by atoms with Crippen LogP contribution in [0, 0.1) is 10.1 Å². The number of ketones is 1. The molecular weight excluding hydrogens is 527 g/mol. The molecule has 1 heterocycles. The fourth-order valence-electron chi connectivity index (χ4n) is 3.32. The van der Waals surface area contributed by atoms with Crippen LogP contribution in [0.4, 0.5) is 5.69 Å². The Labute approximate surface area is 208 Å². The van der Waals surface area contributed by atoms with E-state index in [1.54, 1.807) is 0 Å². The van der Waals surface area contributed by atoms with Gasteiger partial charge in [0.05, 0.1) is 31.8 Å². The van der Waals surface area contributed by atoms with Gasteiger partial charge in [0.15, 0.2) is 6.61 Å². The summed E-state index contributed by atoms with van der Waals surface area (Å²) in [5.41, 5.74) is -0.718. The zero-order valence-electron chi connectivity index (χ0n) is 17.9. The van der Waals surface area contributed by atoms with Crippen LogP contribution in [0.25, 0.3) is 0 Å². The van der Waals surface area contributed by atoms with Crippen molar-refractivity contribution in [1.82, 2.24) is 4.90 Å². The number of carbonyl (C=O) groups is 4. The van der Waals surface area contributed by atoms with E-state index in [4.69, 9.17) is 27.9 Å². The van der Waals surface area contributed by atoms with E-state index in [2.05, 4.69) is 0 Å². The van der Waals surface area contributed by atoms with Gasteiger partial charge in [0.2, 0.25) is 5.78 Å². The number of sulfone groups is 1.